The molecule has 0 aliphatic carbocycles. The van der Waals surface area contributed by atoms with Crippen LogP contribution in [0.4, 0.5) is 11.5 Å². The van der Waals surface area contributed by atoms with Crippen molar-refractivity contribution in [1.82, 2.24) is 9.97 Å². The first-order valence-corrected chi connectivity index (χ1v) is 6.98. The molecule has 0 bridgehead atoms. The van der Waals surface area contributed by atoms with E-state index in [0.29, 0.717) is 16.6 Å². The van der Waals surface area contributed by atoms with Gasteiger partial charge in [-0.1, -0.05) is 11.6 Å². The highest BCUT2D eigenvalue weighted by Gasteiger charge is 2.07. The Hall–Kier alpha value is -2.53. The van der Waals surface area contributed by atoms with Crippen molar-refractivity contribution >= 4 is 34.0 Å². The summed E-state index contributed by atoms with van der Waals surface area (Å²) >= 11 is 6.14. The van der Waals surface area contributed by atoms with Gasteiger partial charge in [0.1, 0.15) is 23.6 Å². The third-order valence-corrected chi connectivity index (χ3v) is 3.55. The third kappa shape index (κ3) is 2.76. The lowest BCUT2D eigenvalue weighted by atomic mass is 10.2. The molecule has 0 spiro atoms. The quantitative estimate of drug-likeness (QED) is 0.787. The first kappa shape index (κ1) is 14.4. The Kier molecular flexibility index (Phi) is 3.98. The van der Waals surface area contributed by atoms with Gasteiger partial charge in [-0.25, -0.2) is 9.97 Å². The molecule has 0 aliphatic heterocycles. The van der Waals surface area contributed by atoms with Crippen molar-refractivity contribution in [2.24, 2.45) is 0 Å². The van der Waals surface area contributed by atoms with Gasteiger partial charge in [0.05, 0.1) is 24.8 Å². The third-order valence-electron chi connectivity index (χ3n) is 3.26. The topological polar surface area (TPSA) is 56.3 Å². The standard InChI is InChI=1S/C16H14ClN3O2/c1-21-11-4-5-12-14(8-11)18-9-19-16(12)20-10-3-6-15(22-2)13(17)7-10/h3-9H,1-2H3,(H,18,19,20). The zero-order valence-corrected chi connectivity index (χ0v) is 12.9. The normalized spacial score (nSPS) is 10.5. The van der Waals surface area contributed by atoms with Gasteiger partial charge in [0, 0.05) is 17.1 Å². The van der Waals surface area contributed by atoms with E-state index in [2.05, 4.69) is 15.3 Å². The number of benzene rings is 2. The van der Waals surface area contributed by atoms with Crippen LogP contribution in [0.15, 0.2) is 42.7 Å². The summed E-state index contributed by atoms with van der Waals surface area (Å²) in [6.07, 6.45) is 1.51. The Morgan fingerprint density at radius 1 is 1.00 bits per heavy atom. The van der Waals surface area contributed by atoms with Crippen molar-refractivity contribution in [2.45, 2.75) is 0 Å². The first-order valence-electron chi connectivity index (χ1n) is 6.60. The molecule has 5 nitrogen and oxygen atoms in total. The lowest BCUT2D eigenvalue weighted by Gasteiger charge is -2.10. The maximum Gasteiger partial charge on any atom is 0.141 e. The first-order chi connectivity index (χ1) is 10.7. The van der Waals surface area contributed by atoms with Gasteiger partial charge >= 0.3 is 0 Å². The van der Waals surface area contributed by atoms with Gasteiger partial charge in [-0.05, 0) is 30.3 Å². The number of rotatable bonds is 4. The minimum atomic E-state index is 0.535. The van der Waals surface area contributed by atoms with Crippen molar-refractivity contribution in [3.63, 3.8) is 0 Å². The lowest BCUT2D eigenvalue weighted by molar-refractivity contribution is 0.415. The molecule has 0 amide bonds. The average molecular weight is 316 g/mol. The molecule has 3 rings (SSSR count). The number of anilines is 2. The van der Waals surface area contributed by atoms with E-state index in [4.69, 9.17) is 21.1 Å². The van der Waals surface area contributed by atoms with Crippen LogP contribution in [0.5, 0.6) is 11.5 Å². The molecular weight excluding hydrogens is 302 g/mol. The largest absolute Gasteiger partial charge is 0.497 e. The zero-order chi connectivity index (χ0) is 15.5. The second-order valence-corrected chi connectivity index (χ2v) is 4.99. The maximum absolute atomic E-state index is 6.14. The molecule has 0 fully saturated rings. The van der Waals surface area contributed by atoms with E-state index in [9.17, 15) is 0 Å². The van der Waals surface area contributed by atoms with E-state index in [1.165, 1.54) is 6.33 Å². The van der Waals surface area contributed by atoms with Crippen molar-refractivity contribution in [1.29, 1.82) is 0 Å². The highest BCUT2D eigenvalue weighted by molar-refractivity contribution is 6.32. The van der Waals surface area contributed by atoms with Crippen LogP contribution in [-0.4, -0.2) is 24.2 Å². The molecule has 6 heteroatoms. The number of nitrogens with one attached hydrogen (secondary N) is 1. The Morgan fingerprint density at radius 3 is 2.59 bits per heavy atom. The Labute approximate surface area is 132 Å². The van der Waals surface area contributed by atoms with Crippen LogP contribution >= 0.6 is 11.6 Å². The second-order valence-electron chi connectivity index (χ2n) is 4.58. The molecule has 0 atom stereocenters. The molecule has 3 aromatic rings. The fourth-order valence-corrected chi connectivity index (χ4v) is 2.40. The van der Waals surface area contributed by atoms with Crippen LogP contribution in [0.2, 0.25) is 5.02 Å². The summed E-state index contributed by atoms with van der Waals surface area (Å²) in [5, 5.41) is 4.68. The molecule has 112 valence electrons. The van der Waals surface area contributed by atoms with Crippen LogP contribution < -0.4 is 14.8 Å². The predicted octanol–water partition coefficient (Wildman–Crippen LogP) is 4.04. The van der Waals surface area contributed by atoms with E-state index in [0.717, 1.165) is 22.3 Å². The monoisotopic (exact) mass is 315 g/mol. The molecule has 2 aromatic carbocycles. The maximum atomic E-state index is 6.14. The molecule has 1 heterocycles. The number of halogens is 1. The molecule has 1 aromatic heterocycles. The minimum Gasteiger partial charge on any atom is -0.497 e. The highest BCUT2D eigenvalue weighted by atomic mass is 35.5. The molecule has 0 aliphatic rings. The van der Waals surface area contributed by atoms with Crippen molar-refractivity contribution in [3.8, 4) is 11.5 Å². The molecule has 22 heavy (non-hydrogen) atoms. The fourth-order valence-electron chi connectivity index (χ4n) is 2.14. The molecular formula is C16H14ClN3O2. The number of hydrogen-bond acceptors (Lipinski definition) is 5. The smallest absolute Gasteiger partial charge is 0.141 e. The van der Waals surface area contributed by atoms with Gasteiger partial charge in [-0.15, -0.1) is 0 Å². The lowest BCUT2D eigenvalue weighted by Crippen LogP contribution is -1.97. The van der Waals surface area contributed by atoms with Gasteiger partial charge in [0.2, 0.25) is 0 Å². The van der Waals surface area contributed by atoms with E-state index >= 15 is 0 Å². The van der Waals surface area contributed by atoms with Crippen molar-refractivity contribution in [2.75, 3.05) is 19.5 Å². The van der Waals surface area contributed by atoms with E-state index in [1.54, 1.807) is 26.4 Å². The number of hydrogen-bond donors (Lipinski definition) is 1. The van der Waals surface area contributed by atoms with Crippen LogP contribution in [-0.2, 0) is 0 Å². The fraction of sp³-hybridized carbons (Fsp3) is 0.125. The van der Waals surface area contributed by atoms with Crippen molar-refractivity contribution in [3.05, 3.63) is 47.7 Å². The highest BCUT2D eigenvalue weighted by Crippen LogP contribution is 2.30. The number of ether oxygens (including phenoxy) is 2. The summed E-state index contributed by atoms with van der Waals surface area (Å²) in [4.78, 5) is 8.55. The molecule has 1 N–H and O–H groups in total. The molecule has 0 radical (unpaired) electrons. The van der Waals surface area contributed by atoms with Crippen LogP contribution in [0.3, 0.4) is 0 Å². The average Bonchev–Trinajstić information content (AvgIpc) is 2.55. The van der Waals surface area contributed by atoms with Gasteiger partial charge in [0.15, 0.2) is 0 Å². The minimum absolute atomic E-state index is 0.535. The van der Waals surface area contributed by atoms with E-state index in [1.807, 2.05) is 24.3 Å². The summed E-state index contributed by atoms with van der Waals surface area (Å²) in [5.41, 5.74) is 1.62. The van der Waals surface area contributed by atoms with Crippen LogP contribution in [0.1, 0.15) is 0 Å². The number of methoxy groups -OCH3 is 2. The summed E-state index contributed by atoms with van der Waals surface area (Å²) in [6.45, 7) is 0. The molecule has 0 saturated heterocycles. The summed E-state index contributed by atoms with van der Waals surface area (Å²) < 4.78 is 10.4. The van der Waals surface area contributed by atoms with E-state index in [-0.39, 0.29) is 0 Å². The molecule has 0 saturated carbocycles. The predicted molar refractivity (Wildman–Crippen MR) is 87.4 cm³/mol. The van der Waals surface area contributed by atoms with E-state index < -0.39 is 0 Å². The summed E-state index contributed by atoms with van der Waals surface area (Å²) in [6, 6.07) is 11.1. The number of aromatic nitrogens is 2. The van der Waals surface area contributed by atoms with Crippen LogP contribution in [0, 0.1) is 0 Å². The molecule has 0 unspecified atom stereocenters. The Balaban J connectivity index is 1.98. The van der Waals surface area contributed by atoms with Crippen LogP contribution in [0.25, 0.3) is 10.9 Å². The number of fused-ring (bicyclic) bond motifs is 1. The summed E-state index contributed by atoms with van der Waals surface area (Å²) in [5.74, 6) is 2.09. The van der Waals surface area contributed by atoms with Gasteiger partial charge < -0.3 is 14.8 Å². The Morgan fingerprint density at radius 2 is 1.86 bits per heavy atom. The summed E-state index contributed by atoms with van der Waals surface area (Å²) in [7, 11) is 3.21. The Bertz CT molecular complexity index is 824. The van der Waals surface area contributed by atoms with Crippen molar-refractivity contribution < 1.29 is 9.47 Å². The van der Waals surface area contributed by atoms with Gasteiger partial charge in [-0.3, -0.25) is 0 Å². The SMILES string of the molecule is COc1ccc2c(Nc3ccc(OC)c(Cl)c3)ncnc2c1. The zero-order valence-electron chi connectivity index (χ0n) is 12.1. The van der Waals surface area contributed by atoms with Gasteiger partial charge in [-0.2, -0.15) is 0 Å². The second kappa shape index (κ2) is 6.07. The van der Waals surface area contributed by atoms with Gasteiger partial charge in [0.25, 0.3) is 0 Å². The number of nitrogens with zero attached hydrogens (tertiary/aromatic N) is 2.